The number of nitrogens with two attached hydrogens (primary N) is 1. The molecule has 1 aromatic rings. The molecular formula is C12H14ClN. The molecule has 1 aliphatic carbocycles. The third-order valence-electron chi connectivity index (χ3n) is 2.70. The summed E-state index contributed by atoms with van der Waals surface area (Å²) in [5, 5.41) is 0.781. The first-order chi connectivity index (χ1) is 6.77. The molecule has 2 rings (SSSR count). The van der Waals surface area contributed by atoms with E-state index in [-0.39, 0.29) is 0 Å². The van der Waals surface area contributed by atoms with Crippen LogP contribution in [0.5, 0.6) is 0 Å². The molecule has 0 saturated carbocycles. The van der Waals surface area contributed by atoms with Crippen LogP contribution < -0.4 is 5.73 Å². The Balaban J connectivity index is 2.34. The second-order valence-electron chi connectivity index (χ2n) is 3.72. The van der Waals surface area contributed by atoms with E-state index in [9.17, 15) is 0 Å². The monoisotopic (exact) mass is 207 g/mol. The Morgan fingerprint density at radius 3 is 2.29 bits per heavy atom. The zero-order valence-corrected chi connectivity index (χ0v) is 8.85. The Kier molecular flexibility index (Phi) is 2.78. The van der Waals surface area contributed by atoms with Gasteiger partial charge in [-0.15, -0.1) is 0 Å². The molecule has 0 aromatic heterocycles. The van der Waals surface area contributed by atoms with E-state index in [1.165, 1.54) is 24.0 Å². The summed E-state index contributed by atoms with van der Waals surface area (Å²) in [4.78, 5) is 0. The quantitative estimate of drug-likeness (QED) is 0.749. The highest BCUT2D eigenvalue weighted by Gasteiger charge is 2.11. The number of rotatable bonds is 1. The number of halogens is 1. The molecule has 0 radical (unpaired) electrons. The van der Waals surface area contributed by atoms with Crippen LogP contribution in [-0.4, -0.2) is 0 Å². The first kappa shape index (κ1) is 9.60. The van der Waals surface area contributed by atoms with E-state index in [0.29, 0.717) is 0 Å². The first-order valence-electron chi connectivity index (χ1n) is 5.01. The molecule has 0 amide bonds. The van der Waals surface area contributed by atoms with Crippen LogP contribution in [0.1, 0.15) is 31.2 Å². The van der Waals surface area contributed by atoms with Gasteiger partial charge in [0.05, 0.1) is 0 Å². The van der Waals surface area contributed by atoms with Crippen molar-refractivity contribution >= 4 is 17.2 Å². The Hall–Kier alpha value is -0.950. The largest absolute Gasteiger partial charge is 0.402 e. The average Bonchev–Trinajstić information content (AvgIpc) is 2.20. The Bertz CT molecular complexity index is 351. The number of hydrogen-bond donors (Lipinski definition) is 1. The lowest BCUT2D eigenvalue weighted by Crippen LogP contribution is -2.06. The molecule has 1 nitrogen and oxygen atoms in total. The van der Waals surface area contributed by atoms with E-state index < -0.39 is 0 Å². The zero-order valence-electron chi connectivity index (χ0n) is 8.09. The maximum Gasteiger partial charge on any atom is 0.0406 e. The topological polar surface area (TPSA) is 26.0 Å². The third-order valence-corrected chi connectivity index (χ3v) is 2.96. The molecule has 0 unspecified atom stereocenters. The molecule has 1 aromatic carbocycles. The van der Waals surface area contributed by atoms with Crippen LogP contribution >= 0.6 is 11.6 Å². The van der Waals surface area contributed by atoms with Crippen molar-refractivity contribution in [1.82, 2.24) is 0 Å². The van der Waals surface area contributed by atoms with Crippen LogP contribution in [0.2, 0.25) is 5.02 Å². The van der Waals surface area contributed by atoms with Gasteiger partial charge in [0.1, 0.15) is 0 Å². The van der Waals surface area contributed by atoms with Crippen LogP contribution in [-0.2, 0) is 0 Å². The summed E-state index contributed by atoms with van der Waals surface area (Å²) in [5.41, 5.74) is 9.59. The van der Waals surface area contributed by atoms with E-state index in [1.807, 2.05) is 12.1 Å². The van der Waals surface area contributed by atoms with Crippen molar-refractivity contribution in [2.24, 2.45) is 5.73 Å². The van der Waals surface area contributed by atoms with Crippen LogP contribution in [0.4, 0.5) is 0 Å². The normalized spacial score (nSPS) is 17.2. The molecule has 0 atom stereocenters. The summed E-state index contributed by atoms with van der Waals surface area (Å²) in [6, 6.07) is 7.95. The first-order valence-corrected chi connectivity index (χ1v) is 5.38. The van der Waals surface area contributed by atoms with Crippen LogP contribution in [0, 0.1) is 0 Å². The van der Waals surface area contributed by atoms with Gasteiger partial charge in [0.25, 0.3) is 0 Å². The molecule has 74 valence electrons. The van der Waals surface area contributed by atoms with Gasteiger partial charge in [-0.1, -0.05) is 23.7 Å². The van der Waals surface area contributed by atoms with E-state index in [0.717, 1.165) is 23.6 Å². The average molecular weight is 208 g/mol. The van der Waals surface area contributed by atoms with Crippen molar-refractivity contribution in [2.75, 3.05) is 0 Å². The van der Waals surface area contributed by atoms with Gasteiger partial charge in [-0.3, -0.25) is 0 Å². The Morgan fingerprint density at radius 1 is 1.00 bits per heavy atom. The smallest absolute Gasteiger partial charge is 0.0406 e. The molecule has 14 heavy (non-hydrogen) atoms. The van der Waals surface area contributed by atoms with E-state index >= 15 is 0 Å². The van der Waals surface area contributed by atoms with Gasteiger partial charge in [-0.25, -0.2) is 0 Å². The summed E-state index contributed by atoms with van der Waals surface area (Å²) in [5.74, 6) is 0. The third kappa shape index (κ3) is 1.93. The summed E-state index contributed by atoms with van der Waals surface area (Å²) in [7, 11) is 0. The van der Waals surface area contributed by atoms with Gasteiger partial charge >= 0.3 is 0 Å². The molecule has 2 heteroatoms. The molecule has 2 N–H and O–H groups in total. The fourth-order valence-electron chi connectivity index (χ4n) is 1.91. The highest BCUT2D eigenvalue weighted by molar-refractivity contribution is 6.30. The Morgan fingerprint density at radius 2 is 1.64 bits per heavy atom. The van der Waals surface area contributed by atoms with Crippen molar-refractivity contribution in [1.29, 1.82) is 0 Å². The second kappa shape index (κ2) is 4.05. The number of hydrogen-bond acceptors (Lipinski definition) is 1. The molecular weight excluding hydrogens is 194 g/mol. The minimum atomic E-state index is 0.781. The lowest BCUT2D eigenvalue weighted by atomic mass is 9.91. The van der Waals surface area contributed by atoms with Crippen LogP contribution in [0.15, 0.2) is 30.0 Å². The van der Waals surface area contributed by atoms with Crippen molar-refractivity contribution in [3.63, 3.8) is 0 Å². The van der Waals surface area contributed by atoms with Crippen molar-refractivity contribution in [3.8, 4) is 0 Å². The molecule has 0 aliphatic heterocycles. The summed E-state index contributed by atoms with van der Waals surface area (Å²) in [6.07, 6.45) is 4.62. The predicted octanol–water partition coefficient (Wildman–Crippen LogP) is 3.58. The van der Waals surface area contributed by atoms with Crippen molar-refractivity contribution in [3.05, 3.63) is 40.5 Å². The van der Waals surface area contributed by atoms with Crippen molar-refractivity contribution < 1.29 is 0 Å². The van der Waals surface area contributed by atoms with Gasteiger partial charge < -0.3 is 5.73 Å². The summed E-state index contributed by atoms with van der Waals surface area (Å²) >= 11 is 5.84. The van der Waals surface area contributed by atoms with Gasteiger partial charge in [0.2, 0.25) is 0 Å². The maximum absolute atomic E-state index is 6.00. The van der Waals surface area contributed by atoms with Gasteiger partial charge in [0.15, 0.2) is 0 Å². The minimum Gasteiger partial charge on any atom is -0.402 e. The fraction of sp³-hybridized carbons (Fsp3) is 0.333. The lowest BCUT2D eigenvalue weighted by molar-refractivity contribution is 0.708. The number of allylic oxidation sites excluding steroid dienone is 2. The van der Waals surface area contributed by atoms with Crippen molar-refractivity contribution in [2.45, 2.75) is 25.7 Å². The maximum atomic E-state index is 6.00. The SMILES string of the molecule is NC1=C(c2ccc(Cl)cc2)CCCC1. The second-order valence-corrected chi connectivity index (χ2v) is 4.15. The minimum absolute atomic E-state index is 0.781. The van der Waals surface area contributed by atoms with Gasteiger partial charge in [0, 0.05) is 10.7 Å². The lowest BCUT2D eigenvalue weighted by Gasteiger charge is -2.17. The molecule has 0 spiro atoms. The molecule has 0 heterocycles. The molecule has 0 bridgehead atoms. The van der Waals surface area contributed by atoms with Crippen LogP contribution in [0.25, 0.3) is 5.57 Å². The van der Waals surface area contributed by atoms with Gasteiger partial charge in [-0.05, 0) is 49.0 Å². The summed E-state index contributed by atoms with van der Waals surface area (Å²) < 4.78 is 0. The van der Waals surface area contributed by atoms with Gasteiger partial charge in [-0.2, -0.15) is 0 Å². The molecule has 1 aliphatic rings. The predicted molar refractivity (Wildman–Crippen MR) is 61.0 cm³/mol. The molecule has 0 saturated heterocycles. The summed E-state index contributed by atoms with van der Waals surface area (Å²) in [6.45, 7) is 0. The standard InChI is InChI=1S/C12H14ClN/c13-10-7-5-9(6-8-10)11-3-1-2-4-12(11)14/h5-8H,1-4,14H2. The zero-order chi connectivity index (χ0) is 9.97. The molecule has 0 fully saturated rings. The van der Waals surface area contributed by atoms with E-state index in [4.69, 9.17) is 17.3 Å². The Labute approximate surface area is 89.6 Å². The highest BCUT2D eigenvalue weighted by Crippen LogP contribution is 2.30. The fourth-order valence-corrected chi connectivity index (χ4v) is 2.04. The van der Waals surface area contributed by atoms with E-state index in [2.05, 4.69) is 12.1 Å². The van der Waals surface area contributed by atoms with Crippen LogP contribution in [0.3, 0.4) is 0 Å². The van der Waals surface area contributed by atoms with E-state index in [1.54, 1.807) is 0 Å². The number of benzene rings is 1. The highest BCUT2D eigenvalue weighted by atomic mass is 35.5.